The molecule has 0 saturated heterocycles. The number of hydrogen-bond donors (Lipinski definition) is 3. The fourth-order valence-electron chi connectivity index (χ4n) is 3.05. The lowest BCUT2D eigenvalue weighted by atomic mass is 10.2. The Labute approximate surface area is 193 Å². The van der Waals surface area contributed by atoms with E-state index in [2.05, 4.69) is 21.3 Å². The highest BCUT2D eigenvalue weighted by Crippen LogP contribution is 2.21. The van der Waals surface area contributed by atoms with Crippen LogP contribution < -0.4 is 15.4 Å². The third-order valence-corrected chi connectivity index (χ3v) is 6.28. The van der Waals surface area contributed by atoms with Crippen molar-refractivity contribution in [3.05, 3.63) is 89.0 Å². The highest BCUT2D eigenvalue weighted by atomic mass is 32.2. The van der Waals surface area contributed by atoms with Gasteiger partial charge in [-0.05, 0) is 73.5 Å². The van der Waals surface area contributed by atoms with Gasteiger partial charge < -0.3 is 10.6 Å². The lowest BCUT2D eigenvalue weighted by Gasteiger charge is -2.12. The van der Waals surface area contributed by atoms with Gasteiger partial charge in [0.2, 0.25) is 5.91 Å². The summed E-state index contributed by atoms with van der Waals surface area (Å²) in [4.78, 5) is 24.6. The summed E-state index contributed by atoms with van der Waals surface area (Å²) < 4.78 is 27.9. The van der Waals surface area contributed by atoms with Crippen molar-refractivity contribution in [3.8, 4) is 12.3 Å². The summed E-state index contributed by atoms with van der Waals surface area (Å²) in [6.45, 7) is 3.31. The molecule has 2 amide bonds. The van der Waals surface area contributed by atoms with Crippen LogP contribution >= 0.6 is 0 Å². The number of nitrogens with one attached hydrogen (secondary N) is 3. The van der Waals surface area contributed by atoms with Crippen LogP contribution in [0.3, 0.4) is 0 Å². The normalized spacial score (nSPS) is 10.7. The number of aryl methyl sites for hydroxylation is 2. The minimum Gasteiger partial charge on any atom is -0.343 e. The minimum atomic E-state index is -3.77. The van der Waals surface area contributed by atoms with Crippen molar-refractivity contribution >= 4 is 33.2 Å². The molecule has 0 unspecified atom stereocenters. The Kier molecular flexibility index (Phi) is 7.16. The molecule has 0 aromatic heterocycles. The molecule has 33 heavy (non-hydrogen) atoms. The van der Waals surface area contributed by atoms with Gasteiger partial charge in [0.1, 0.15) is 0 Å². The molecule has 0 aliphatic carbocycles. The van der Waals surface area contributed by atoms with Crippen LogP contribution in [-0.4, -0.2) is 26.8 Å². The van der Waals surface area contributed by atoms with Crippen molar-refractivity contribution in [1.82, 2.24) is 5.32 Å². The number of terminal acetylenes is 1. The molecule has 0 bridgehead atoms. The van der Waals surface area contributed by atoms with Crippen LogP contribution in [0.1, 0.15) is 27.0 Å². The van der Waals surface area contributed by atoms with Crippen LogP contribution in [0.4, 0.5) is 11.4 Å². The summed E-state index contributed by atoms with van der Waals surface area (Å²) >= 11 is 0. The van der Waals surface area contributed by atoms with E-state index in [1.807, 2.05) is 13.0 Å². The summed E-state index contributed by atoms with van der Waals surface area (Å²) in [5.41, 5.74) is 3.23. The number of rotatable bonds is 7. The molecule has 0 aliphatic heterocycles. The van der Waals surface area contributed by atoms with E-state index in [9.17, 15) is 18.0 Å². The standard InChI is InChI=1S/C25H23N3O4S/c1-4-19-6-5-7-22(15-19)27-24(29)16-26-25(30)20-10-12-21(13-11-20)28-33(31,32)23-14-17(2)8-9-18(23)3/h1,5-15,28H,16H2,2-3H3,(H,26,30)(H,27,29). The van der Waals surface area contributed by atoms with Gasteiger partial charge in [-0.2, -0.15) is 0 Å². The number of hydrogen-bond acceptors (Lipinski definition) is 4. The molecule has 0 radical (unpaired) electrons. The Morgan fingerprint density at radius 1 is 0.939 bits per heavy atom. The Bertz CT molecular complexity index is 1340. The molecule has 3 aromatic carbocycles. The molecular formula is C25H23N3O4S. The van der Waals surface area contributed by atoms with Gasteiger partial charge in [0.25, 0.3) is 15.9 Å². The summed E-state index contributed by atoms with van der Waals surface area (Å²) in [5.74, 6) is 1.61. The van der Waals surface area contributed by atoms with Gasteiger partial charge in [-0.15, -0.1) is 6.42 Å². The summed E-state index contributed by atoms with van der Waals surface area (Å²) in [7, 11) is -3.77. The predicted octanol–water partition coefficient (Wildman–Crippen LogP) is 3.45. The Balaban J connectivity index is 1.59. The van der Waals surface area contributed by atoms with Gasteiger partial charge in [-0.3, -0.25) is 14.3 Å². The van der Waals surface area contributed by atoms with Gasteiger partial charge >= 0.3 is 0 Å². The first-order chi connectivity index (χ1) is 15.7. The maximum atomic E-state index is 12.7. The van der Waals surface area contributed by atoms with Crippen molar-refractivity contribution in [3.63, 3.8) is 0 Å². The number of carbonyl (C=O) groups excluding carboxylic acids is 2. The van der Waals surface area contributed by atoms with Crippen LogP contribution in [-0.2, 0) is 14.8 Å². The van der Waals surface area contributed by atoms with Crippen molar-refractivity contribution in [2.45, 2.75) is 18.7 Å². The lowest BCUT2D eigenvalue weighted by Crippen LogP contribution is -2.32. The Morgan fingerprint density at radius 2 is 1.67 bits per heavy atom. The summed E-state index contributed by atoms with van der Waals surface area (Å²) in [5, 5.41) is 5.18. The molecule has 3 rings (SSSR count). The Hall–Kier alpha value is -4.09. The topological polar surface area (TPSA) is 104 Å². The molecule has 0 saturated carbocycles. The maximum absolute atomic E-state index is 12.7. The molecule has 0 aliphatic rings. The van der Waals surface area contributed by atoms with E-state index < -0.39 is 21.8 Å². The van der Waals surface area contributed by atoms with E-state index >= 15 is 0 Å². The van der Waals surface area contributed by atoms with E-state index in [1.165, 1.54) is 24.3 Å². The molecular weight excluding hydrogens is 438 g/mol. The smallest absolute Gasteiger partial charge is 0.262 e. The second-order valence-corrected chi connectivity index (χ2v) is 9.06. The summed E-state index contributed by atoms with van der Waals surface area (Å²) in [6, 6.07) is 17.9. The van der Waals surface area contributed by atoms with Crippen LogP contribution in [0.2, 0.25) is 0 Å². The van der Waals surface area contributed by atoms with Crippen molar-refractivity contribution < 1.29 is 18.0 Å². The highest BCUT2D eigenvalue weighted by Gasteiger charge is 2.17. The SMILES string of the molecule is C#Cc1cccc(NC(=O)CNC(=O)c2ccc(NS(=O)(=O)c3cc(C)ccc3C)cc2)c1. The molecule has 0 heterocycles. The van der Waals surface area contributed by atoms with Crippen LogP contribution in [0.15, 0.2) is 71.6 Å². The van der Waals surface area contributed by atoms with E-state index in [1.54, 1.807) is 43.3 Å². The molecule has 3 aromatic rings. The zero-order valence-electron chi connectivity index (χ0n) is 18.2. The molecule has 0 fully saturated rings. The van der Waals surface area contributed by atoms with E-state index in [4.69, 9.17) is 6.42 Å². The Morgan fingerprint density at radius 3 is 2.36 bits per heavy atom. The first kappa shape index (κ1) is 23.6. The van der Waals surface area contributed by atoms with Gasteiger partial charge in [0.05, 0.1) is 11.4 Å². The lowest BCUT2D eigenvalue weighted by molar-refractivity contribution is -0.115. The van der Waals surface area contributed by atoms with Gasteiger partial charge in [0, 0.05) is 22.5 Å². The second kappa shape index (κ2) is 10.0. The second-order valence-electron chi connectivity index (χ2n) is 7.41. The first-order valence-corrected chi connectivity index (χ1v) is 11.5. The number of anilines is 2. The van der Waals surface area contributed by atoms with E-state index in [-0.39, 0.29) is 17.0 Å². The average molecular weight is 462 g/mol. The molecule has 8 heteroatoms. The number of sulfonamides is 1. The molecule has 7 nitrogen and oxygen atoms in total. The predicted molar refractivity (Wildman–Crippen MR) is 129 cm³/mol. The molecule has 0 atom stereocenters. The fraction of sp³-hybridized carbons (Fsp3) is 0.120. The van der Waals surface area contributed by atoms with Gasteiger partial charge in [-0.1, -0.05) is 24.1 Å². The monoisotopic (exact) mass is 461 g/mol. The van der Waals surface area contributed by atoms with Gasteiger partial charge in [0.15, 0.2) is 0 Å². The fourth-order valence-corrected chi connectivity index (χ4v) is 4.44. The largest absolute Gasteiger partial charge is 0.343 e. The third-order valence-electron chi connectivity index (χ3n) is 4.75. The quantitative estimate of drug-likeness (QED) is 0.469. The number of benzene rings is 3. The van der Waals surface area contributed by atoms with Crippen molar-refractivity contribution in [1.29, 1.82) is 0 Å². The maximum Gasteiger partial charge on any atom is 0.262 e. The van der Waals surface area contributed by atoms with Crippen LogP contribution in [0.5, 0.6) is 0 Å². The molecule has 0 spiro atoms. The zero-order chi connectivity index (χ0) is 24.0. The molecule has 3 N–H and O–H groups in total. The first-order valence-electron chi connectivity index (χ1n) is 10.0. The minimum absolute atomic E-state index is 0.197. The van der Waals surface area contributed by atoms with E-state index in [0.29, 0.717) is 22.5 Å². The zero-order valence-corrected chi connectivity index (χ0v) is 19.0. The van der Waals surface area contributed by atoms with Crippen molar-refractivity contribution in [2.24, 2.45) is 0 Å². The van der Waals surface area contributed by atoms with Crippen LogP contribution in [0.25, 0.3) is 0 Å². The third kappa shape index (κ3) is 6.21. The number of amides is 2. The number of carbonyl (C=O) groups is 2. The van der Waals surface area contributed by atoms with E-state index in [0.717, 1.165) is 5.56 Å². The van der Waals surface area contributed by atoms with Crippen molar-refractivity contribution in [2.75, 3.05) is 16.6 Å². The van der Waals surface area contributed by atoms with Gasteiger partial charge in [-0.25, -0.2) is 8.42 Å². The van der Waals surface area contributed by atoms with Crippen LogP contribution in [0, 0.1) is 26.2 Å². The summed E-state index contributed by atoms with van der Waals surface area (Å²) in [6.07, 6.45) is 5.34. The molecule has 168 valence electrons. The average Bonchev–Trinajstić information content (AvgIpc) is 2.79. The highest BCUT2D eigenvalue weighted by molar-refractivity contribution is 7.92.